The number of aryl methyl sites for hydroxylation is 2. The van der Waals surface area contributed by atoms with Crippen molar-refractivity contribution in [1.29, 1.82) is 0 Å². The van der Waals surface area contributed by atoms with Crippen LogP contribution in [0.4, 0.5) is 24.8 Å². The van der Waals surface area contributed by atoms with Crippen LogP contribution < -0.4 is 10.1 Å². The van der Waals surface area contributed by atoms with Crippen LogP contribution >= 0.6 is 0 Å². The van der Waals surface area contributed by atoms with E-state index in [9.17, 15) is 22.8 Å². The number of hydrogen-bond donors (Lipinski definition) is 2. The van der Waals surface area contributed by atoms with Crippen LogP contribution in [0.3, 0.4) is 0 Å². The van der Waals surface area contributed by atoms with Gasteiger partial charge in [-0.2, -0.15) is 13.2 Å². The Morgan fingerprint density at radius 1 is 1.18 bits per heavy atom. The Morgan fingerprint density at radius 2 is 1.90 bits per heavy atom. The molecule has 12 heteroatoms. The molecule has 0 amide bonds. The second-order valence-corrected chi connectivity index (χ2v) is 9.57. The average molecular weight is 553 g/mol. The van der Waals surface area contributed by atoms with Gasteiger partial charge in [-0.25, -0.2) is 9.97 Å². The summed E-state index contributed by atoms with van der Waals surface area (Å²) in [6.45, 7) is 1.54. The first-order valence-corrected chi connectivity index (χ1v) is 12.9. The van der Waals surface area contributed by atoms with Crippen molar-refractivity contribution in [2.45, 2.75) is 44.2 Å². The molecule has 209 valence electrons. The molecule has 2 aromatic carbocycles. The normalized spacial score (nSPS) is 14.5. The summed E-state index contributed by atoms with van der Waals surface area (Å²) in [6, 6.07) is 12.4. The van der Waals surface area contributed by atoms with Crippen LogP contribution in [0.15, 0.2) is 48.7 Å². The maximum absolute atomic E-state index is 13.8. The predicted molar refractivity (Wildman–Crippen MR) is 145 cm³/mol. The van der Waals surface area contributed by atoms with Crippen molar-refractivity contribution in [2.75, 3.05) is 25.5 Å². The Labute approximate surface area is 230 Å². The van der Waals surface area contributed by atoms with Crippen molar-refractivity contribution < 1.29 is 32.6 Å². The van der Waals surface area contributed by atoms with Crippen LogP contribution in [0, 0.1) is 0 Å². The summed E-state index contributed by atoms with van der Waals surface area (Å²) in [7, 11) is 3.07. The number of aromatic nitrogens is 2. The molecule has 0 saturated carbocycles. The van der Waals surface area contributed by atoms with Gasteiger partial charge in [-0.3, -0.25) is 4.79 Å². The third-order valence-corrected chi connectivity index (χ3v) is 7.01. The van der Waals surface area contributed by atoms with Crippen molar-refractivity contribution in [1.82, 2.24) is 14.8 Å². The van der Waals surface area contributed by atoms with Crippen molar-refractivity contribution in [2.24, 2.45) is 0 Å². The zero-order chi connectivity index (χ0) is 28.7. The number of benzene rings is 2. The largest absolute Gasteiger partial charge is 0.495 e. The highest BCUT2D eigenvalue weighted by Crippen LogP contribution is 2.36. The molecule has 1 fully saturated rings. The molecule has 1 aliphatic heterocycles. The summed E-state index contributed by atoms with van der Waals surface area (Å²) in [5.74, 6) is -0.228. The Hall–Kier alpha value is -3.93. The SMILES string of the molecule is COc1cc(C2CCN([B]C=O)CC2)ccc1Nc1ncc(C(F)(F)F)c(CCc2ccccc2CC(=O)O)n1. The second kappa shape index (κ2) is 13.0. The monoisotopic (exact) mass is 553 g/mol. The molecular formula is C28H29BF3N4O4. The molecule has 1 radical (unpaired) electrons. The minimum absolute atomic E-state index is 0.00872. The van der Waals surface area contributed by atoms with E-state index in [0.717, 1.165) is 43.9 Å². The predicted octanol–water partition coefficient (Wildman–Crippen LogP) is 4.65. The van der Waals surface area contributed by atoms with Crippen LogP contribution in [-0.4, -0.2) is 59.7 Å². The first-order chi connectivity index (χ1) is 19.2. The third-order valence-electron chi connectivity index (χ3n) is 7.01. The number of nitrogens with one attached hydrogen (secondary N) is 1. The number of hydrogen-bond acceptors (Lipinski definition) is 7. The molecule has 1 aromatic heterocycles. The van der Waals surface area contributed by atoms with Gasteiger partial charge in [0.25, 0.3) is 7.41 Å². The van der Waals surface area contributed by atoms with Gasteiger partial charge in [-0.05, 0) is 73.5 Å². The molecule has 2 heterocycles. The Bertz CT molecular complexity index is 1350. The van der Waals surface area contributed by atoms with E-state index in [1.807, 2.05) is 16.9 Å². The first-order valence-electron chi connectivity index (χ1n) is 12.9. The summed E-state index contributed by atoms with van der Waals surface area (Å²) in [5, 5.41) is 12.2. The molecule has 3 aromatic rings. The maximum Gasteiger partial charge on any atom is 0.419 e. The summed E-state index contributed by atoms with van der Waals surface area (Å²) < 4.78 is 46.9. The van der Waals surface area contributed by atoms with Crippen LogP contribution in [0.1, 0.15) is 46.7 Å². The first kappa shape index (κ1) is 29.1. The highest BCUT2D eigenvalue weighted by molar-refractivity contribution is 6.64. The van der Waals surface area contributed by atoms with E-state index in [0.29, 0.717) is 22.6 Å². The highest BCUT2D eigenvalue weighted by atomic mass is 19.4. The van der Waals surface area contributed by atoms with Crippen LogP contribution in [0.2, 0.25) is 0 Å². The number of carboxylic acid groups (broad SMARTS) is 1. The lowest BCUT2D eigenvalue weighted by Gasteiger charge is -2.31. The number of anilines is 2. The van der Waals surface area contributed by atoms with Gasteiger partial charge in [0.05, 0.1) is 36.7 Å². The van der Waals surface area contributed by atoms with Gasteiger partial charge in [0, 0.05) is 6.20 Å². The Kier molecular flexibility index (Phi) is 9.41. The summed E-state index contributed by atoms with van der Waals surface area (Å²) in [5.41, 5.74) is 1.66. The van der Waals surface area contributed by atoms with Crippen molar-refractivity contribution in [3.8, 4) is 5.75 Å². The molecule has 8 nitrogen and oxygen atoms in total. The number of piperidine rings is 1. The molecule has 4 rings (SSSR count). The number of nitrogens with zero attached hydrogens (tertiary/aromatic N) is 3. The molecule has 2 N–H and O–H groups in total. The molecular weight excluding hydrogens is 524 g/mol. The number of halogens is 3. The molecule has 0 bridgehead atoms. The van der Waals surface area contributed by atoms with Crippen LogP contribution in [-0.2, 0) is 35.0 Å². The van der Waals surface area contributed by atoms with Crippen LogP contribution in [0.5, 0.6) is 5.75 Å². The molecule has 0 aliphatic carbocycles. The molecule has 0 unspecified atom stereocenters. The van der Waals surface area contributed by atoms with E-state index in [-0.39, 0.29) is 36.8 Å². The lowest BCUT2D eigenvalue weighted by molar-refractivity contribution is -0.139. The van der Waals surface area contributed by atoms with Crippen molar-refractivity contribution in [3.05, 3.63) is 76.6 Å². The molecule has 0 atom stereocenters. The number of ether oxygens (including phenoxy) is 1. The fourth-order valence-corrected chi connectivity index (χ4v) is 4.95. The van der Waals surface area contributed by atoms with Gasteiger partial charge in [0.2, 0.25) is 5.95 Å². The Balaban J connectivity index is 1.53. The van der Waals surface area contributed by atoms with Gasteiger partial charge in [-0.15, -0.1) is 0 Å². The van der Waals surface area contributed by atoms with E-state index >= 15 is 0 Å². The quantitative estimate of drug-likeness (QED) is 0.261. The second-order valence-electron chi connectivity index (χ2n) is 9.57. The zero-order valence-corrected chi connectivity index (χ0v) is 21.9. The number of carboxylic acids is 1. The lowest BCUT2D eigenvalue weighted by atomic mass is 9.84. The smallest absolute Gasteiger partial charge is 0.419 e. The standard InChI is InChI=1S/C28H29BF3N4O4/c1-40-25-14-21(19-10-12-36(13-11-19)29-17-37)7-9-24(25)35-27-33-16-22(28(30,31)32)23(34-27)8-6-18-4-2-3-5-20(18)15-26(38)39/h2-5,7,9,14,16-17,19H,6,8,10-13,15H2,1H3,(H,38,39)(H,33,34,35). The molecule has 0 spiro atoms. The maximum atomic E-state index is 13.8. The number of methoxy groups -OCH3 is 1. The Morgan fingerprint density at radius 3 is 2.55 bits per heavy atom. The summed E-state index contributed by atoms with van der Waals surface area (Å²) in [4.78, 5) is 32.0. The molecule has 40 heavy (non-hydrogen) atoms. The van der Waals surface area contributed by atoms with Crippen molar-refractivity contribution in [3.63, 3.8) is 0 Å². The number of carbonyl (C=O) groups is 2. The summed E-state index contributed by atoms with van der Waals surface area (Å²) >= 11 is 0. The van der Waals surface area contributed by atoms with Gasteiger partial charge in [-0.1, -0.05) is 30.3 Å². The van der Waals surface area contributed by atoms with Gasteiger partial charge in [0.1, 0.15) is 5.75 Å². The van der Waals surface area contributed by atoms with Crippen molar-refractivity contribution >= 4 is 31.2 Å². The van der Waals surface area contributed by atoms with E-state index < -0.39 is 17.7 Å². The van der Waals surface area contributed by atoms with Gasteiger partial charge < -0.3 is 24.8 Å². The number of carbonyl (C=O) groups excluding carboxylic acids is 1. The number of alkyl halides is 3. The van der Waals surface area contributed by atoms with E-state index in [2.05, 4.69) is 15.3 Å². The molecule has 1 saturated heterocycles. The van der Waals surface area contributed by atoms with E-state index in [1.165, 1.54) is 7.11 Å². The average Bonchev–Trinajstić information content (AvgIpc) is 2.92. The molecule has 1 aliphatic rings. The highest BCUT2D eigenvalue weighted by Gasteiger charge is 2.35. The minimum Gasteiger partial charge on any atom is -0.495 e. The van der Waals surface area contributed by atoms with Gasteiger partial charge in [0.15, 0.2) is 0 Å². The zero-order valence-electron chi connectivity index (χ0n) is 21.9. The third kappa shape index (κ3) is 7.38. The lowest BCUT2D eigenvalue weighted by Crippen LogP contribution is -2.36. The van der Waals surface area contributed by atoms with E-state index in [4.69, 9.17) is 9.84 Å². The summed E-state index contributed by atoms with van der Waals surface area (Å²) in [6.07, 6.45) is -1.43. The fourth-order valence-electron chi connectivity index (χ4n) is 4.95. The number of rotatable bonds is 11. The fraction of sp³-hybridized carbons (Fsp3) is 0.357. The minimum atomic E-state index is -4.65. The van der Waals surface area contributed by atoms with Crippen LogP contribution in [0.25, 0.3) is 0 Å². The topological polar surface area (TPSA) is 105 Å². The number of aliphatic carboxylic acids is 1. The van der Waals surface area contributed by atoms with E-state index in [1.54, 1.807) is 37.7 Å². The van der Waals surface area contributed by atoms with Gasteiger partial charge >= 0.3 is 12.1 Å².